The number of hydrogen-bond donors (Lipinski definition) is 0. The van der Waals surface area contributed by atoms with E-state index in [0.717, 1.165) is 0 Å². The third-order valence-electron chi connectivity index (χ3n) is 5.30. The minimum Gasteiger partial charge on any atom is -0.223 e. The molecule has 0 bridgehead atoms. The molecule has 2 aromatic carbocycles. The van der Waals surface area contributed by atoms with Gasteiger partial charge in [0.05, 0.1) is 26.5 Å². The Kier molecular flexibility index (Phi) is 3.97. The maximum atomic E-state index is 13.2. The number of fused-ring (bicyclic) bond motifs is 3. The smallest absolute Gasteiger partial charge is 0.183 e. The molecule has 3 atom stereocenters. The van der Waals surface area contributed by atoms with Crippen molar-refractivity contribution in [3.05, 3.63) is 72.8 Å². The van der Waals surface area contributed by atoms with Crippen LogP contribution in [0.5, 0.6) is 0 Å². The molecule has 3 aromatic rings. The van der Waals surface area contributed by atoms with Gasteiger partial charge < -0.3 is 0 Å². The molecule has 1 aliphatic carbocycles. The summed E-state index contributed by atoms with van der Waals surface area (Å²) in [6.45, 7) is 0. The van der Waals surface area contributed by atoms with Crippen molar-refractivity contribution in [3.63, 3.8) is 0 Å². The van der Waals surface area contributed by atoms with Gasteiger partial charge in [-0.3, -0.25) is 0 Å². The fraction of sp³-hybridized carbons (Fsp3) is 0.211. The lowest BCUT2D eigenvalue weighted by molar-refractivity contribution is 0.592. The van der Waals surface area contributed by atoms with E-state index in [4.69, 9.17) is 0 Å². The number of aromatic nitrogens is 3. The van der Waals surface area contributed by atoms with Crippen LogP contribution in [0.3, 0.4) is 0 Å². The van der Waals surface area contributed by atoms with Gasteiger partial charge >= 0.3 is 0 Å². The predicted octanol–water partition coefficient (Wildman–Crippen LogP) is 1.53. The van der Waals surface area contributed by atoms with E-state index in [1.165, 1.54) is 23.1 Å². The van der Waals surface area contributed by atoms with E-state index in [2.05, 4.69) is 15.3 Å². The summed E-state index contributed by atoms with van der Waals surface area (Å²) in [6, 6.07) is 16.2. The highest BCUT2D eigenvalue weighted by molar-refractivity contribution is 7.93. The Bertz CT molecular complexity index is 1320. The molecule has 0 spiro atoms. The molecule has 1 aromatic heterocycles. The average Bonchev–Trinajstić information content (AvgIpc) is 3.33. The number of hydrogen-bond acceptors (Lipinski definition) is 7. The summed E-state index contributed by atoms with van der Waals surface area (Å²) in [7, 11) is -7.34. The molecule has 0 N–H and O–H groups in total. The summed E-state index contributed by atoms with van der Waals surface area (Å²) in [6.07, 6.45) is 1.37. The Morgan fingerprint density at radius 1 is 0.828 bits per heavy atom. The molecule has 1 fully saturated rings. The van der Waals surface area contributed by atoms with Crippen LogP contribution < -0.4 is 0 Å². The van der Waals surface area contributed by atoms with Gasteiger partial charge in [-0.05, 0) is 24.3 Å². The molecule has 29 heavy (non-hydrogen) atoms. The number of nitrogens with zero attached hydrogens (tertiary/aromatic N) is 4. The molecule has 0 radical (unpaired) electrons. The van der Waals surface area contributed by atoms with Crippen molar-refractivity contribution in [1.29, 1.82) is 0 Å². The Morgan fingerprint density at radius 2 is 1.45 bits per heavy atom. The second kappa shape index (κ2) is 6.33. The first-order valence-corrected chi connectivity index (χ1v) is 12.1. The lowest BCUT2D eigenvalue weighted by Gasteiger charge is -2.12. The molecular weight excluding hydrogens is 412 g/mol. The second-order valence-electron chi connectivity index (χ2n) is 7.07. The fourth-order valence-corrected chi connectivity index (χ4v) is 7.44. The molecule has 10 heteroatoms. The van der Waals surface area contributed by atoms with Crippen LogP contribution >= 0.6 is 0 Å². The third-order valence-corrected chi connectivity index (χ3v) is 9.20. The van der Waals surface area contributed by atoms with Crippen molar-refractivity contribution in [2.75, 3.05) is 5.75 Å². The summed E-state index contributed by atoms with van der Waals surface area (Å²) < 4.78 is 53.6. The molecule has 1 aliphatic heterocycles. The largest absolute Gasteiger partial charge is 0.223 e. The lowest BCUT2D eigenvalue weighted by Crippen LogP contribution is -2.24. The summed E-state index contributed by atoms with van der Waals surface area (Å²) >= 11 is 0. The summed E-state index contributed by atoms with van der Waals surface area (Å²) in [5.74, 6) is -0.895. The van der Waals surface area contributed by atoms with E-state index in [9.17, 15) is 16.8 Å². The van der Waals surface area contributed by atoms with Crippen molar-refractivity contribution in [2.24, 2.45) is 11.0 Å². The summed E-state index contributed by atoms with van der Waals surface area (Å²) in [5.41, 5.74) is 0.315. The maximum absolute atomic E-state index is 13.2. The first kappa shape index (κ1) is 18.2. The first-order valence-electron chi connectivity index (χ1n) is 8.94. The monoisotopic (exact) mass is 428 g/mol. The fourth-order valence-electron chi connectivity index (χ4n) is 3.91. The predicted molar refractivity (Wildman–Crippen MR) is 105 cm³/mol. The first-order chi connectivity index (χ1) is 13.9. The highest BCUT2D eigenvalue weighted by Crippen LogP contribution is 2.56. The lowest BCUT2D eigenvalue weighted by atomic mass is 10.2. The topological polar surface area (TPSA) is 111 Å². The average molecular weight is 428 g/mol. The third kappa shape index (κ3) is 2.90. The Balaban J connectivity index is 1.55. The molecule has 5 rings (SSSR count). The van der Waals surface area contributed by atoms with Crippen molar-refractivity contribution in [1.82, 2.24) is 14.9 Å². The van der Waals surface area contributed by atoms with Crippen LogP contribution in [0.2, 0.25) is 0 Å². The van der Waals surface area contributed by atoms with Crippen molar-refractivity contribution < 1.29 is 16.8 Å². The van der Waals surface area contributed by atoms with E-state index >= 15 is 0 Å². The van der Waals surface area contributed by atoms with E-state index in [-0.39, 0.29) is 15.5 Å². The molecule has 8 nitrogen and oxygen atoms in total. The maximum Gasteiger partial charge on any atom is 0.183 e. The molecule has 148 valence electrons. The minimum atomic E-state index is -3.68. The van der Waals surface area contributed by atoms with Crippen LogP contribution in [0.4, 0.5) is 0 Å². The quantitative estimate of drug-likeness (QED) is 0.609. The molecule has 2 aliphatic rings. The minimum absolute atomic E-state index is 0.178. The molecular formula is C19H16N4O4S2. The molecule has 0 amide bonds. The van der Waals surface area contributed by atoms with E-state index in [1.807, 2.05) is 0 Å². The number of benzene rings is 2. The molecule has 2 heterocycles. The van der Waals surface area contributed by atoms with Gasteiger partial charge in [-0.15, -0.1) is 10.2 Å². The van der Waals surface area contributed by atoms with Crippen LogP contribution in [-0.2, 0) is 19.7 Å². The number of sulfone groups is 2. The number of rotatable bonds is 5. The Hall–Kier alpha value is -2.85. The van der Waals surface area contributed by atoms with Crippen LogP contribution in [-0.4, -0.2) is 48.4 Å². The van der Waals surface area contributed by atoms with Gasteiger partial charge in [0.2, 0.25) is 0 Å². The second-order valence-corrected chi connectivity index (χ2v) is 11.2. The van der Waals surface area contributed by atoms with Gasteiger partial charge in [0.1, 0.15) is 6.33 Å². The van der Waals surface area contributed by atoms with E-state index < -0.39 is 36.8 Å². The SMILES string of the molecule is O=S(=O)(CC1=Nn2cnnc2C2C1C2S(=O)(=O)c1ccccc1)c1ccccc1. The van der Waals surface area contributed by atoms with Gasteiger partial charge in [0.25, 0.3) is 0 Å². The molecule has 1 saturated carbocycles. The Labute approximate surface area is 167 Å². The molecule has 3 unspecified atom stereocenters. The zero-order valence-corrected chi connectivity index (χ0v) is 16.7. The van der Waals surface area contributed by atoms with Gasteiger partial charge in [-0.25, -0.2) is 21.5 Å². The standard InChI is InChI=1S/C19H16N4O4S2/c24-28(25,13-7-3-1-4-8-13)11-15-16-17(19-21-20-12-23(19)22-15)18(16)29(26,27)14-9-5-2-6-10-14/h1-10,12,16-18H,11H2. The van der Waals surface area contributed by atoms with Gasteiger partial charge in [-0.1, -0.05) is 36.4 Å². The van der Waals surface area contributed by atoms with Crippen LogP contribution in [0.15, 0.2) is 81.9 Å². The normalized spacial score (nSPS) is 23.0. The van der Waals surface area contributed by atoms with Crippen molar-refractivity contribution >= 4 is 25.4 Å². The summed E-state index contributed by atoms with van der Waals surface area (Å²) in [4.78, 5) is 0.382. The zero-order valence-electron chi connectivity index (χ0n) is 15.0. The van der Waals surface area contributed by atoms with Gasteiger partial charge in [0, 0.05) is 11.8 Å². The van der Waals surface area contributed by atoms with Crippen molar-refractivity contribution in [3.8, 4) is 0 Å². The van der Waals surface area contributed by atoms with Crippen LogP contribution in [0, 0.1) is 5.92 Å². The van der Waals surface area contributed by atoms with Crippen LogP contribution in [0.1, 0.15) is 11.7 Å². The Morgan fingerprint density at radius 3 is 2.10 bits per heavy atom. The molecule has 0 saturated heterocycles. The van der Waals surface area contributed by atoms with Crippen molar-refractivity contribution in [2.45, 2.75) is 21.0 Å². The van der Waals surface area contributed by atoms with Gasteiger partial charge in [-0.2, -0.15) is 5.10 Å². The van der Waals surface area contributed by atoms with Gasteiger partial charge in [0.15, 0.2) is 25.5 Å². The highest BCUT2D eigenvalue weighted by atomic mass is 32.2. The van der Waals surface area contributed by atoms with E-state index in [1.54, 1.807) is 48.5 Å². The van der Waals surface area contributed by atoms with E-state index in [0.29, 0.717) is 11.5 Å². The zero-order chi connectivity index (χ0) is 20.2. The summed E-state index contributed by atoms with van der Waals surface area (Å²) in [5, 5.41) is 11.4. The highest BCUT2D eigenvalue weighted by Gasteiger charge is 2.65. The van der Waals surface area contributed by atoms with Crippen LogP contribution in [0.25, 0.3) is 0 Å².